The number of hydrazone groups is 1. The summed E-state index contributed by atoms with van der Waals surface area (Å²) in [5.74, 6) is -1.11. The topological polar surface area (TPSA) is 114 Å². The van der Waals surface area contributed by atoms with E-state index in [1.807, 2.05) is 0 Å². The Labute approximate surface area is 168 Å². The zero-order chi connectivity index (χ0) is 20.0. The van der Waals surface area contributed by atoms with E-state index in [9.17, 15) is 19.7 Å². The van der Waals surface area contributed by atoms with Gasteiger partial charge in [0, 0.05) is 17.2 Å². The molecule has 0 heterocycles. The van der Waals surface area contributed by atoms with Crippen LogP contribution in [0, 0.1) is 10.1 Å². The van der Waals surface area contributed by atoms with Gasteiger partial charge in [-0.15, -0.1) is 0 Å². The first kappa shape index (κ1) is 20.6. The molecule has 0 aliphatic carbocycles. The van der Waals surface area contributed by atoms with E-state index < -0.39 is 16.7 Å². The summed E-state index contributed by atoms with van der Waals surface area (Å²) in [4.78, 5) is 33.8. The molecule has 0 bridgehead atoms. The van der Waals surface area contributed by atoms with Gasteiger partial charge in [0.25, 0.3) is 17.5 Å². The molecule has 140 valence electrons. The minimum absolute atomic E-state index is 0.00815. The molecule has 27 heavy (non-hydrogen) atoms. The third-order valence-electron chi connectivity index (χ3n) is 3.16. The predicted molar refractivity (Wildman–Crippen MR) is 103 cm³/mol. The van der Waals surface area contributed by atoms with Crippen LogP contribution in [0.15, 0.2) is 41.5 Å². The number of nitrogens with zero attached hydrogens (tertiary/aromatic N) is 2. The first-order chi connectivity index (χ1) is 12.8. The highest BCUT2D eigenvalue weighted by Crippen LogP contribution is 2.24. The van der Waals surface area contributed by atoms with Crippen molar-refractivity contribution in [3.05, 3.63) is 72.7 Å². The van der Waals surface area contributed by atoms with E-state index in [4.69, 9.17) is 34.8 Å². The van der Waals surface area contributed by atoms with Gasteiger partial charge in [-0.3, -0.25) is 19.7 Å². The van der Waals surface area contributed by atoms with Crippen molar-refractivity contribution >= 4 is 58.5 Å². The average Bonchev–Trinajstić information content (AvgIpc) is 2.63. The lowest BCUT2D eigenvalue weighted by Crippen LogP contribution is -2.34. The third-order valence-corrected chi connectivity index (χ3v) is 4.22. The number of nitrogens with one attached hydrogen (secondary N) is 2. The number of hydrogen-bond donors (Lipinski definition) is 2. The normalized spacial score (nSPS) is 10.6. The Balaban J connectivity index is 1.88. The molecule has 0 fully saturated rings. The second kappa shape index (κ2) is 9.31. The maximum Gasteiger partial charge on any atom is 0.288 e. The summed E-state index contributed by atoms with van der Waals surface area (Å²) in [6.07, 6.45) is 1.21. The van der Waals surface area contributed by atoms with Crippen molar-refractivity contribution in [1.29, 1.82) is 0 Å². The van der Waals surface area contributed by atoms with Gasteiger partial charge in [-0.2, -0.15) is 5.10 Å². The molecule has 0 saturated carbocycles. The van der Waals surface area contributed by atoms with Gasteiger partial charge in [0.05, 0.1) is 27.7 Å². The van der Waals surface area contributed by atoms with Gasteiger partial charge in [-0.25, -0.2) is 5.43 Å². The number of nitro benzene ring substituents is 1. The van der Waals surface area contributed by atoms with Crippen molar-refractivity contribution in [2.45, 2.75) is 0 Å². The van der Waals surface area contributed by atoms with Crippen molar-refractivity contribution in [3.8, 4) is 0 Å². The lowest BCUT2D eigenvalue weighted by atomic mass is 10.2. The maximum absolute atomic E-state index is 11.9. The van der Waals surface area contributed by atoms with Crippen LogP contribution in [-0.4, -0.2) is 29.5 Å². The van der Waals surface area contributed by atoms with E-state index in [2.05, 4.69) is 15.8 Å². The van der Waals surface area contributed by atoms with Crippen LogP contribution in [0.5, 0.6) is 0 Å². The Morgan fingerprint density at radius 3 is 2.44 bits per heavy atom. The molecule has 2 rings (SSSR count). The van der Waals surface area contributed by atoms with Gasteiger partial charge in [0.1, 0.15) is 5.02 Å². The van der Waals surface area contributed by atoms with Gasteiger partial charge < -0.3 is 5.32 Å². The predicted octanol–water partition coefficient (Wildman–Crippen LogP) is 3.44. The lowest BCUT2D eigenvalue weighted by molar-refractivity contribution is -0.384. The second-order valence-corrected chi connectivity index (χ2v) is 6.29. The highest BCUT2D eigenvalue weighted by molar-refractivity contribution is 6.42. The van der Waals surface area contributed by atoms with Crippen molar-refractivity contribution in [2.75, 3.05) is 6.54 Å². The van der Waals surface area contributed by atoms with E-state index in [0.29, 0.717) is 10.6 Å². The highest BCUT2D eigenvalue weighted by Gasteiger charge is 2.12. The number of nitro groups is 1. The van der Waals surface area contributed by atoms with Gasteiger partial charge in [0.15, 0.2) is 0 Å². The third kappa shape index (κ3) is 5.92. The van der Waals surface area contributed by atoms with Gasteiger partial charge in [0.2, 0.25) is 0 Å². The summed E-state index contributed by atoms with van der Waals surface area (Å²) >= 11 is 17.3. The molecule has 0 saturated heterocycles. The molecule has 8 nitrogen and oxygen atoms in total. The number of amides is 2. The van der Waals surface area contributed by atoms with E-state index in [1.165, 1.54) is 42.6 Å². The zero-order valence-corrected chi connectivity index (χ0v) is 15.7. The fourth-order valence-electron chi connectivity index (χ4n) is 1.87. The van der Waals surface area contributed by atoms with Crippen molar-refractivity contribution in [1.82, 2.24) is 10.7 Å². The van der Waals surface area contributed by atoms with Crippen LogP contribution in [0.1, 0.15) is 15.9 Å². The molecule has 0 aliphatic rings. The monoisotopic (exact) mass is 428 g/mol. The first-order valence-electron chi connectivity index (χ1n) is 7.27. The maximum atomic E-state index is 11.9. The standard InChI is InChI=1S/C16H11Cl3N4O4/c17-11-4-2-10(6-13(11)19)16(25)20-8-15(24)22-21-7-9-1-3-12(18)14(5-9)23(26)27/h1-7H,8H2,(H,20,25)(H,22,24)/b21-7-. The van der Waals surface area contributed by atoms with Gasteiger partial charge >= 0.3 is 0 Å². The number of halogens is 3. The van der Waals surface area contributed by atoms with E-state index in [0.717, 1.165) is 0 Å². The zero-order valence-electron chi connectivity index (χ0n) is 13.4. The summed E-state index contributed by atoms with van der Waals surface area (Å²) in [7, 11) is 0. The summed E-state index contributed by atoms with van der Waals surface area (Å²) < 4.78 is 0. The molecule has 11 heteroatoms. The molecule has 2 amide bonds. The number of carbonyl (C=O) groups excluding carboxylic acids is 2. The van der Waals surface area contributed by atoms with E-state index in [1.54, 1.807) is 0 Å². The van der Waals surface area contributed by atoms with Crippen molar-refractivity contribution in [3.63, 3.8) is 0 Å². The largest absolute Gasteiger partial charge is 0.343 e. The fraction of sp³-hybridized carbons (Fsp3) is 0.0625. The number of benzene rings is 2. The smallest absolute Gasteiger partial charge is 0.288 e. The van der Waals surface area contributed by atoms with Crippen molar-refractivity contribution < 1.29 is 14.5 Å². The van der Waals surface area contributed by atoms with Crippen molar-refractivity contribution in [2.24, 2.45) is 5.10 Å². The number of carbonyl (C=O) groups is 2. The fourth-order valence-corrected chi connectivity index (χ4v) is 2.35. The van der Waals surface area contributed by atoms with Crippen LogP contribution in [-0.2, 0) is 4.79 Å². The molecule has 0 unspecified atom stereocenters. The first-order valence-corrected chi connectivity index (χ1v) is 8.40. The SMILES string of the molecule is O=C(CNC(=O)c1ccc(Cl)c(Cl)c1)N/N=C\c1ccc(Cl)c([N+](=O)[O-])c1. The van der Waals surface area contributed by atoms with Crippen LogP contribution in [0.25, 0.3) is 0 Å². The summed E-state index contributed by atoms with van der Waals surface area (Å²) in [5, 5.41) is 17.4. The molecule has 0 atom stereocenters. The number of rotatable bonds is 6. The molecule has 0 aromatic heterocycles. The number of hydrogen-bond acceptors (Lipinski definition) is 5. The molecule has 0 spiro atoms. The van der Waals surface area contributed by atoms with Crippen LogP contribution in [0.3, 0.4) is 0 Å². The summed E-state index contributed by atoms with van der Waals surface area (Å²) in [5.41, 5.74) is 2.52. The van der Waals surface area contributed by atoms with E-state index in [-0.39, 0.29) is 27.8 Å². The average molecular weight is 430 g/mol. The Hall–Kier alpha value is -2.68. The minimum Gasteiger partial charge on any atom is -0.343 e. The Kier molecular flexibility index (Phi) is 7.12. The summed E-state index contributed by atoms with van der Waals surface area (Å²) in [6, 6.07) is 8.37. The summed E-state index contributed by atoms with van der Waals surface area (Å²) in [6.45, 7) is -0.336. The second-order valence-electron chi connectivity index (χ2n) is 5.07. The van der Waals surface area contributed by atoms with Gasteiger partial charge in [-0.1, -0.05) is 40.9 Å². The molecule has 0 aliphatic heterocycles. The molecule has 0 radical (unpaired) electrons. The van der Waals surface area contributed by atoms with Gasteiger partial charge in [-0.05, 0) is 24.3 Å². The molecular formula is C16H11Cl3N4O4. The lowest BCUT2D eigenvalue weighted by Gasteiger charge is -2.05. The Morgan fingerprint density at radius 2 is 1.78 bits per heavy atom. The molecule has 2 aromatic carbocycles. The highest BCUT2D eigenvalue weighted by atomic mass is 35.5. The molecular weight excluding hydrogens is 419 g/mol. The Bertz CT molecular complexity index is 934. The van der Waals surface area contributed by atoms with E-state index >= 15 is 0 Å². The van der Waals surface area contributed by atoms with Crippen LogP contribution in [0.2, 0.25) is 15.1 Å². The van der Waals surface area contributed by atoms with Crippen LogP contribution >= 0.6 is 34.8 Å². The molecule has 2 N–H and O–H groups in total. The van der Waals surface area contributed by atoms with Crippen LogP contribution < -0.4 is 10.7 Å². The quantitative estimate of drug-likeness (QED) is 0.416. The minimum atomic E-state index is -0.628. The molecule has 2 aromatic rings. The van der Waals surface area contributed by atoms with Crippen LogP contribution in [0.4, 0.5) is 5.69 Å². The Morgan fingerprint density at radius 1 is 1.07 bits per heavy atom.